The molecule has 1 aromatic carbocycles. The molecule has 126 valence electrons. The van der Waals surface area contributed by atoms with Crippen LogP contribution in [0.4, 0.5) is 0 Å². The zero-order chi connectivity index (χ0) is 16.4. The number of aromatic nitrogens is 2. The Morgan fingerprint density at radius 1 is 1.08 bits per heavy atom. The zero-order valence-electron chi connectivity index (χ0n) is 14.1. The molecule has 0 N–H and O–H groups in total. The summed E-state index contributed by atoms with van der Waals surface area (Å²) < 4.78 is 1.90. The lowest BCUT2D eigenvalue weighted by molar-refractivity contribution is 0.0390. The van der Waals surface area contributed by atoms with Crippen LogP contribution in [0.25, 0.3) is 0 Å². The number of hydrogen-bond acceptors (Lipinski definition) is 2. The smallest absolute Gasteiger partial charge is 0.254 e. The van der Waals surface area contributed by atoms with Gasteiger partial charge in [-0.3, -0.25) is 9.48 Å². The highest BCUT2D eigenvalue weighted by atomic mass is 16.2. The Kier molecular flexibility index (Phi) is 4.37. The van der Waals surface area contributed by atoms with Crippen molar-refractivity contribution in [2.75, 3.05) is 6.54 Å². The van der Waals surface area contributed by atoms with Gasteiger partial charge < -0.3 is 4.90 Å². The summed E-state index contributed by atoms with van der Waals surface area (Å²) in [6, 6.07) is 10.5. The molecule has 4 nitrogen and oxygen atoms in total. The number of benzene rings is 1. The Morgan fingerprint density at radius 2 is 1.88 bits per heavy atom. The summed E-state index contributed by atoms with van der Waals surface area (Å²) in [4.78, 5) is 15.2. The molecule has 1 aliphatic heterocycles. The number of piperidine rings is 1. The van der Waals surface area contributed by atoms with Crippen molar-refractivity contribution >= 4 is 5.91 Å². The molecule has 24 heavy (non-hydrogen) atoms. The van der Waals surface area contributed by atoms with Gasteiger partial charge in [-0.2, -0.15) is 5.10 Å². The number of rotatable bonds is 3. The van der Waals surface area contributed by atoms with E-state index in [9.17, 15) is 4.79 Å². The molecule has 0 bridgehead atoms. The van der Waals surface area contributed by atoms with Gasteiger partial charge in [-0.15, -0.1) is 0 Å². The van der Waals surface area contributed by atoms with E-state index >= 15 is 0 Å². The largest absolute Gasteiger partial charge is 0.335 e. The van der Waals surface area contributed by atoms with Gasteiger partial charge in [0.1, 0.15) is 0 Å². The maximum atomic E-state index is 13.0. The Hall–Kier alpha value is -2.10. The van der Waals surface area contributed by atoms with Crippen molar-refractivity contribution in [2.24, 2.45) is 5.92 Å². The van der Waals surface area contributed by atoms with E-state index in [2.05, 4.69) is 22.1 Å². The van der Waals surface area contributed by atoms with Crippen molar-refractivity contribution in [1.29, 1.82) is 0 Å². The van der Waals surface area contributed by atoms with Crippen molar-refractivity contribution in [2.45, 2.75) is 51.1 Å². The highest BCUT2D eigenvalue weighted by molar-refractivity contribution is 5.94. The predicted octanol–water partition coefficient (Wildman–Crippen LogP) is 3.73. The molecule has 1 saturated heterocycles. The minimum absolute atomic E-state index is 0.220. The van der Waals surface area contributed by atoms with Crippen LogP contribution in [0.3, 0.4) is 0 Å². The summed E-state index contributed by atoms with van der Waals surface area (Å²) >= 11 is 0. The first-order valence-electron chi connectivity index (χ1n) is 9.18. The molecule has 4 rings (SSSR count). The highest BCUT2D eigenvalue weighted by Crippen LogP contribution is 2.35. The molecule has 1 saturated carbocycles. The average molecular weight is 323 g/mol. The van der Waals surface area contributed by atoms with Crippen molar-refractivity contribution in [3.63, 3.8) is 0 Å². The van der Waals surface area contributed by atoms with Crippen molar-refractivity contribution in [3.8, 4) is 0 Å². The average Bonchev–Trinajstić information content (AvgIpc) is 3.14. The van der Waals surface area contributed by atoms with Crippen molar-refractivity contribution in [1.82, 2.24) is 14.7 Å². The van der Waals surface area contributed by atoms with E-state index in [4.69, 9.17) is 0 Å². The van der Waals surface area contributed by atoms with Gasteiger partial charge >= 0.3 is 0 Å². The van der Waals surface area contributed by atoms with Gasteiger partial charge in [-0.1, -0.05) is 25.0 Å². The second-order valence-electron chi connectivity index (χ2n) is 7.15. The lowest BCUT2D eigenvalue weighted by Gasteiger charge is -2.44. The normalized spacial score (nSPS) is 23.8. The van der Waals surface area contributed by atoms with Crippen LogP contribution in [0, 0.1) is 5.92 Å². The van der Waals surface area contributed by atoms with E-state index in [1.807, 2.05) is 29.1 Å². The fourth-order valence-electron chi connectivity index (χ4n) is 4.38. The number of nitrogens with zero attached hydrogens (tertiary/aromatic N) is 3. The van der Waals surface area contributed by atoms with Gasteiger partial charge in [0.25, 0.3) is 5.91 Å². The predicted molar refractivity (Wildman–Crippen MR) is 93.8 cm³/mol. The summed E-state index contributed by atoms with van der Waals surface area (Å²) in [5, 5.41) is 4.23. The third-order valence-corrected chi connectivity index (χ3v) is 5.61. The molecular weight excluding hydrogens is 298 g/mol. The lowest BCUT2D eigenvalue weighted by Crippen LogP contribution is -2.49. The highest BCUT2D eigenvalue weighted by Gasteiger charge is 2.35. The zero-order valence-corrected chi connectivity index (χ0v) is 14.1. The van der Waals surface area contributed by atoms with E-state index < -0.39 is 0 Å². The van der Waals surface area contributed by atoms with Crippen LogP contribution in [-0.2, 0) is 6.54 Å². The molecule has 2 heterocycles. The van der Waals surface area contributed by atoms with Gasteiger partial charge in [0.15, 0.2) is 0 Å². The molecule has 1 aromatic heterocycles. The maximum Gasteiger partial charge on any atom is 0.254 e. The van der Waals surface area contributed by atoms with Crippen molar-refractivity contribution in [3.05, 3.63) is 53.9 Å². The maximum absolute atomic E-state index is 13.0. The summed E-state index contributed by atoms with van der Waals surface area (Å²) in [6.07, 6.45) is 11.3. The summed E-state index contributed by atoms with van der Waals surface area (Å²) in [7, 11) is 0. The Labute approximate surface area is 143 Å². The van der Waals surface area contributed by atoms with Gasteiger partial charge in [0.05, 0.1) is 6.54 Å². The van der Waals surface area contributed by atoms with E-state index in [1.165, 1.54) is 37.7 Å². The molecule has 0 radical (unpaired) electrons. The molecule has 2 aliphatic rings. The van der Waals surface area contributed by atoms with Crippen LogP contribution in [0.2, 0.25) is 0 Å². The molecule has 0 spiro atoms. The third kappa shape index (κ3) is 3.10. The van der Waals surface area contributed by atoms with Crippen molar-refractivity contribution < 1.29 is 4.79 Å². The van der Waals surface area contributed by atoms with Crippen LogP contribution in [0.15, 0.2) is 42.7 Å². The summed E-state index contributed by atoms with van der Waals surface area (Å²) in [5.41, 5.74) is 2.00. The minimum Gasteiger partial charge on any atom is -0.335 e. The van der Waals surface area contributed by atoms with E-state index in [1.54, 1.807) is 6.20 Å². The van der Waals surface area contributed by atoms with Crippen LogP contribution < -0.4 is 0 Å². The fraction of sp³-hybridized carbons (Fsp3) is 0.500. The topological polar surface area (TPSA) is 38.1 Å². The monoisotopic (exact) mass is 323 g/mol. The molecule has 2 aromatic rings. The SMILES string of the molecule is O=C(c1ccc(Cn2cccn2)cc1)N1CCC[C@@H]2CCCC[C@@H]21. The number of fused-ring (bicyclic) bond motifs is 1. The standard InChI is InChI=1S/C20H25N3O/c24-20(23-14-3-6-17-5-1-2-7-19(17)23)18-10-8-16(9-11-18)15-22-13-4-12-21-22/h4,8-13,17,19H,1-3,5-7,14-15H2/t17-,19-/m0/s1. The quantitative estimate of drug-likeness (QED) is 0.863. The van der Waals surface area contributed by atoms with Gasteiger partial charge in [0.2, 0.25) is 0 Å². The van der Waals surface area contributed by atoms with Gasteiger partial charge in [-0.25, -0.2) is 0 Å². The number of hydrogen-bond donors (Lipinski definition) is 0. The molecule has 0 unspecified atom stereocenters. The first-order valence-corrected chi connectivity index (χ1v) is 9.18. The molecule has 2 atom stereocenters. The van der Waals surface area contributed by atoms with Gasteiger partial charge in [0, 0.05) is 30.5 Å². The minimum atomic E-state index is 0.220. The molecule has 4 heteroatoms. The number of likely N-dealkylation sites (tertiary alicyclic amines) is 1. The lowest BCUT2D eigenvalue weighted by atomic mass is 9.78. The second kappa shape index (κ2) is 6.80. The Balaban J connectivity index is 1.47. The summed E-state index contributed by atoms with van der Waals surface area (Å²) in [6.45, 7) is 1.67. The van der Waals surface area contributed by atoms with E-state index in [0.29, 0.717) is 6.04 Å². The fourth-order valence-corrected chi connectivity index (χ4v) is 4.38. The van der Waals surface area contributed by atoms with E-state index in [-0.39, 0.29) is 5.91 Å². The summed E-state index contributed by atoms with van der Waals surface area (Å²) in [5.74, 6) is 0.952. The second-order valence-corrected chi connectivity index (χ2v) is 7.15. The molecule has 1 aliphatic carbocycles. The number of carbonyl (C=O) groups excluding carboxylic acids is 1. The first-order chi connectivity index (χ1) is 11.8. The Bertz CT molecular complexity index is 675. The van der Waals surface area contributed by atoms with Crippen LogP contribution in [-0.4, -0.2) is 33.2 Å². The van der Waals surface area contributed by atoms with Gasteiger partial charge in [-0.05, 0) is 55.4 Å². The molecule has 2 fully saturated rings. The number of amides is 1. The molecular formula is C20H25N3O. The van der Waals surface area contributed by atoms with E-state index in [0.717, 1.165) is 31.0 Å². The van der Waals surface area contributed by atoms with Crippen LogP contribution >= 0.6 is 0 Å². The third-order valence-electron chi connectivity index (χ3n) is 5.61. The van der Waals surface area contributed by atoms with Crippen LogP contribution in [0.5, 0.6) is 0 Å². The molecule has 1 amide bonds. The Morgan fingerprint density at radius 3 is 2.67 bits per heavy atom. The first kappa shape index (κ1) is 15.4. The van der Waals surface area contributed by atoms with Crippen LogP contribution in [0.1, 0.15) is 54.4 Å². The number of carbonyl (C=O) groups is 1.